The molecule has 0 bridgehead atoms. The maximum absolute atomic E-state index is 12.3. The Labute approximate surface area is 156 Å². The van der Waals surface area contributed by atoms with Gasteiger partial charge in [-0.2, -0.15) is 13.2 Å². The molecule has 0 atom stereocenters. The van der Waals surface area contributed by atoms with E-state index in [1.165, 1.54) is 14.0 Å². The largest absolute Gasteiger partial charge is 0.471 e. The molecular weight excluding hydrogens is 375 g/mol. The van der Waals surface area contributed by atoms with Crippen molar-refractivity contribution in [3.63, 3.8) is 0 Å². The highest BCUT2D eigenvalue weighted by Crippen LogP contribution is 2.17. The second kappa shape index (κ2) is 15.6. The summed E-state index contributed by atoms with van der Waals surface area (Å²) in [5.41, 5.74) is 0. The van der Waals surface area contributed by atoms with Crippen molar-refractivity contribution < 1.29 is 46.4 Å². The van der Waals surface area contributed by atoms with Gasteiger partial charge >= 0.3 is 18.1 Å². The van der Waals surface area contributed by atoms with E-state index in [2.05, 4.69) is 4.74 Å². The van der Waals surface area contributed by atoms with Crippen LogP contribution in [0.15, 0.2) is 0 Å². The van der Waals surface area contributed by atoms with Crippen molar-refractivity contribution in [2.45, 2.75) is 19.5 Å². The van der Waals surface area contributed by atoms with Crippen LogP contribution in [0.3, 0.4) is 0 Å². The molecule has 0 unspecified atom stereocenters. The second-order valence-corrected chi connectivity index (χ2v) is 5.16. The number of esters is 1. The Hall–Kier alpha value is -1.43. The first kappa shape index (κ1) is 25.6. The van der Waals surface area contributed by atoms with Gasteiger partial charge in [0.15, 0.2) is 0 Å². The maximum atomic E-state index is 12.3. The number of alkyl halides is 3. The van der Waals surface area contributed by atoms with Crippen LogP contribution in [-0.2, 0) is 33.3 Å². The Kier molecular flexibility index (Phi) is 14.8. The summed E-state index contributed by atoms with van der Waals surface area (Å²) in [5, 5.41) is 0. The van der Waals surface area contributed by atoms with Crippen LogP contribution in [-0.4, -0.2) is 96.0 Å². The second-order valence-electron chi connectivity index (χ2n) is 5.16. The predicted octanol–water partition coefficient (Wildman–Crippen LogP) is 1.03. The summed E-state index contributed by atoms with van der Waals surface area (Å²) in [4.78, 5) is 22.6. The van der Waals surface area contributed by atoms with Crippen molar-refractivity contribution in [1.82, 2.24) is 4.90 Å². The maximum Gasteiger partial charge on any atom is 0.471 e. The molecule has 0 saturated heterocycles. The summed E-state index contributed by atoms with van der Waals surface area (Å²) >= 11 is 0. The van der Waals surface area contributed by atoms with E-state index in [1.807, 2.05) is 0 Å². The highest BCUT2D eigenvalue weighted by molar-refractivity contribution is 5.81. The lowest BCUT2D eigenvalue weighted by Gasteiger charge is -2.21. The first-order chi connectivity index (χ1) is 12.8. The first-order valence-electron chi connectivity index (χ1n) is 8.56. The van der Waals surface area contributed by atoms with Gasteiger partial charge in [0.05, 0.1) is 66.4 Å². The van der Waals surface area contributed by atoms with Crippen LogP contribution in [0, 0.1) is 0 Å². The van der Waals surface area contributed by atoms with Gasteiger partial charge in [0, 0.05) is 13.1 Å². The summed E-state index contributed by atoms with van der Waals surface area (Å²) in [6.07, 6.45) is -4.68. The Balaban J connectivity index is 3.40. The zero-order chi connectivity index (χ0) is 20.5. The Morgan fingerprint density at radius 3 is 1.67 bits per heavy atom. The number of ether oxygens (including phenoxy) is 5. The van der Waals surface area contributed by atoms with Gasteiger partial charge in [0.1, 0.15) is 0 Å². The van der Waals surface area contributed by atoms with Crippen LogP contribution in [0.25, 0.3) is 0 Å². The third-order valence-electron chi connectivity index (χ3n) is 3.21. The summed E-state index contributed by atoms with van der Waals surface area (Å²) in [6, 6.07) is 0. The molecule has 0 aliphatic rings. The normalized spacial score (nSPS) is 11.4. The molecule has 1 amide bonds. The summed E-state index contributed by atoms with van der Waals surface area (Å²) in [7, 11) is 1.31. The van der Waals surface area contributed by atoms with Crippen LogP contribution >= 0.6 is 0 Å². The van der Waals surface area contributed by atoms with Crippen molar-refractivity contribution >= 4 is 11.9 Å². The average Bonchev–Trinajstić information content (AvgIpc) is 2.63. The van der Waals surface area contributed by atoms with Crippen LogP contribution in [0.4, 0.5) is 13.2 Å². The molecule has 0 fully saturated rings. The van der Waals surface area contributed by atoms with E-state index in [4.69, 9.17) is 18.9 Å². The van der Waals surface area contributed by atoms with Gasteiger partial charge in [-0.25, -0.2) is 0 Å². The molecule has 0 radical (unpaired) electrons. The molecule has 0 rings (SSSR count). The van der Waals surface area contributed by atoms with Crippen LogP contribution in [0.2, 0.25) is 0 Å². The number of rotatable bonds is 16. The van der Waals surface area contributed by atoms with Crippen molar-refractivity contribution in [3.05, 3.63) is 0 Å². The van der Waals surface area contributed by atoms with Gasteiger partial charge in [-0.3, -0.25) is 9.59 Å². The minimum atomic E-state index is -4.87. The van der Waals surface area contributed by atoms with Crippen LogP contribution in [0.5, 0.6) is 0 Å². The SMILES string of the molecule is CCN(CCOCCOCCOCCOCCC(=O)OC)C(=O)C(F)(F)F. The number of hydrogen-bond acceptors (Lipinski definition) is 7. The molecule has 160 valence electrons. The van der Waals surface area contributed by atoms with Gasteiger partial charge in [-0.1, -0.05) is 0 Å². The lowest BCUT2D eigenvalue weighted by atomic mass is 10.4. The summed E-state index contributed by atoms with van der Waals surface area (Å²) in [5.74, 6) is -2.20. The molecule has 11 heteroatoms. The number of hydrogen-bond donors (Lipinski definition) is 0. The molecule has 8 nitrogen and oxygen atoms in total. The first-order valence-corrected chi connectivity index (χ1v) is 8.56. The van der Waals surface area contributed by atoms with Gasteiger partial charge in [0.25, 0.3) is 0 Å². The van der Waals surface area contributed by atoms with E-state index in [0.29, 0.717) is 31.3 Å². The van der Waals surface area contributed by atoms with E-state index >= 15 is 0 Å². The average molecular weight is 403 g/mol. The monoisotopic (exact) mass is 403 g/mol. The quantitative estimate of drug-likeness (QED) is 0.281. The van der Waals surface area contributed by atoms with E-state index in [1.54, 1.807) is 0 Å². The Bertz CT molecular complexity index is 408. The summed E-state index contributed by atoms with van der Waals surface area (Å²) < 4.78 is 62.2. The molecule has 0 aromatic heterocycles. The van der Waals surface area contributed by atoms with E-state index in [9.17, 15) is 22.8 Å². The molecule has 0 N–H and O–H groups in total. The van der Waals surface area contributed by atoms with E-state index in [0.717, 1.165) is 0 Å². The number of carbonyl (C=O) groups is 2. The van der Waals surface area contributed by atoms with E-state index in [-0.39, 0.29) is 51.9 Å². The number of carbonyl (C=O) groups excluding carboxylic acids is 2. The molecule has 0 aliphatic heterocycles. The van der Waals surface area contributed by atoms with Gasteiger partial charge < -0.3 is 28.6 Å². The fourth-order valence-electron chi connectivity index (χ4n) is 1.78. The lowest BCUT2D eigenvalue weighted by Crippen LogP contribution is -2.42. The fraction of sp³-hybridized carbons (Fsp3) is 0.875. The minimum Gasteiger partial charge on any atom is -0.469 e. The standard InChI is InChI=1S/C16H28F3NO7/c1-3-20(15(22)16(17,18)19)5-7-25-9-11-27-13-12-26-10-8-24-6-4-14(21)23-2/h3-13H2,1-2H3. The zero-order valence-electron chi connectivity index (χ0n) is 15.7. The molecular formula is C16H28F3NO7. The third-order valence-corrected chi connectivity index (χ3v) is 3.21. The fourth-order valence-corrected chi connectivity index (χ4v) is 1.78. The highest BCUT2D eigenvalue weighted by Gasteiger charge is 2.41. The highest BCUT2D eigenvalue weighted by atomic mass is 19.4. The number of halogens is 3. The smallest absolute Gasteiger partial charge is 0.469 e. The Morgan fingerprint density at radius 1 is 0.815 bits per heavy atom. The van der Waals surface area contributed by atoms with Crippen molar-refractivity contribution in [1.29, 1.82) is 0 Å². The van der Waals surface area contributed by atoms with Crippen molar-refractivity contribution in [2.75, 3.05) is 73.1 Å². The van der Waals surface area contributed by atoms with Crippen LogP contribution < -0.4 is 0 Å². The molecule has 0 aromatic carbocycles. The number of nitrogens with zero attached hydrogens (tertiary/aromatic N) is 1. The molecule has 0 aromatic rings. The van der Waals surface area contributed by atoms with Gasteiger partial charge in [-0.05, 0) is 6.92 Å². The lowest BCUT2D eigenvalue weighted by molar-refractivity contribution is -0.185. The summed E-state index contributed by atoms with van der Waals surface area (Å²) in [6.45, 7) is 3.43. The molecule has 0 heterocycles. The number of amides is 1. The predicted molar refractivity (Wildman–Crippen MR) is 88.2 cm³/mol. The van der Waals surface area contributed by atoms with Gasteiger partial charge in [0.2, 0.25) is 0 Å². The molecule has 0 spiro atoms. The minimum absolute atomic E-state index is 0.00155. The van der Waals surface area contributed by atoms with Crippen LogP contribution in [0.1, 0.15) is 13.3 Å². The van der Waals surface area contributed by atoms with Gasteiger partial charge in [-0.15, -0.1) is 0 Å². The molecule has 27 heavy (non-hydrogen) atoms. The van der Waals surface area contributed by atoms with E-state index < -0.39 is 12.1 Å². The molecule has 0 saturated carbocycles. The zero-order valence-corrected chi connectivity index (χ0v) is 15.7. The van der Waals surface area contributed by atoms with Crippen molar-refractivity contribution in [3.8, 4) is 0 Å². The third kappa shape index (κ3) is 14.3. The number of methoxy groups -OCH3 is 1. The Morgan fingerprint density at radius 2 is 1.26 bits per heavy atom. The molecule has 0 aliphatic carbocycles. The van der Waals surface area contributed by atoms with Crippen molar-refractivity contribution in [2.24, 2.45) is 0 Å². The topological polar surface area (TPSA) is 83.5 Å². The number of likely N-dealkylation sites (N-methyl/N-ethyl adjacent to an activating group) is 1.